The number of rotatable bonds is 6. The predicted octanol–water partition coefficient (Wildman–Crippen LogP) is 2.48. The molecule has 0 radical (unpaired) electrons. The van der Waals surface area contributed by atoms with E-state index in [1.807, 2.05) is 18.2 Å². The zero-order valence-corrected chi connectivity index (χ0v) is 12.6. The molecule has 0 saturated heterocycles. The van der Waals surface area contributed by atoms with Crippen LogP contribution in [0.1, 0.15) is 12.0 Å². The molecule has 0 fully saturated rings. The highest BCUT2D eigenvalue weighted by Gasteiger charge is 2.11. The van der Waals surface area contributed by atoms with Crippen LogP contribution in [0.3, 0.4) is 0 Å². The molecule has 2 aromatic rings. The lowest BCUT2D eigenvalue weighted by Crippen LogP contribution is -2.27. The topological polar surface area (TPSA) is 67.4 Å². The number of nitrogens with one attached hydrogen (secondary N) is 2. The van der Waals surface area contributed by atoms with Crippen LogP contribution in [0.4, 0.5) is 10.1 Å². The Labute approximate surface area is 133 Å². The first-order chi connectivity index (χ1) is 11.1. The first kappa shape index (κ1) is 16.5. The highest BCUT2D eigenvalue weighted by molar-refractivity contribution is 6.03. The molecule has 0 bridgehead atoms. The minimum Gasteiger partial charge on any atom is -0.496 e. The van der Waals surface area contributed by atoms with E-state index < -0.39 is 17.6 Å². The molecule has 0 atom stereocenters. The van der Waals surface area contributed by atoms with Crippen molar-refractivity contribution in [3.05, 3.63) is 59.9 Å². The zero-order chi connectivity index (χ0) is 16.7. The van der Waals surface area contributed by atoms with Gasteiger partial charge in [0.1, 0.15) is 18.0 Å². The van der Waals surface area contributed by atoms with Crippen molar-refractivity contribution in [1.82, 2.24) is 5.32 Å². The van der Waals surface area contributed by atoms with E-state index in [0.29, 0.717) is 11.4 Å². The predicted molar refractivity (Wildman–Crippen MR) is 84.5 cm³/mol. The Balaban J connectivity index is 1.83. The maximum absolute atomic E-state index is 13.0. The van der Waals surface area contributed by atoms with Gasteiger partial charge in [0.05, 0.1) is 7.11 Å². The molecule has 0 aliphatic carbocycles. The van der Waals surface area contributed by atoms with Gasteiger partial charge in [-0.25, -0.2) is 4.39 Å². The Hall–Kier alpha value is -2.89. The Morgan fingerprint density at radius 2 is 1.87 bits per heavy atom. The van der Waals surface area contributed by atoms with E-state index >= 15 is 0 Å². The average molecular weight is 316 g/mol. The molecule has 5 nitrogen and oxygen atoms in total. The Morgan fingerprint density at radius 3 is 2.61 bits per heavy atom. The summed E-state index contributed by atoms with van der Waals surface area (Å²) in [7, 11) is 1.55. The number of benzene rings is 2. The molecular weight excluding hydrogens is 299 g/mol. The Kier molecular flexibility index (Phi) is 5.68. The van der Waals surface area contributed by atoms with Crippen molar-refractivity contribution in [2.75, 3.05) is 12.4 Å². The van der Waals surface area contributed by atoms with Gasteiger partial charge in [-0.2, -0.15) is 0 Å². The maximum atomic E-state index is 13.0. The zero-order valence-electron chi connectivity index (χ0n) is 12.6. The molecule has 0 saturated carbocycles. The van der Waals surface area contributed by atoms with Crippen molar-refractivity contribution in [1.29, 1.82) is 0 Å². The molecule has 120 valence electrons. The highest BCUT2D eigenvalue weighted by atomic mass is 19.1. The molecule has 0 heterocycles. The van der Waals surface area contributed by atoms with Gasteiger partial charge in [-0.15, -0.1) is 0 Å². The van der Waals surface area contributed by atoms with Gasteiger partial charge in [-0.1, -0.05) is 24.3 Å². The SMILES string of the molecule is COc1ccccc1CNC(=O)CC(=O)Nc1cccc(F)c1. The van der Waals surface area contributed by atoms with Gasteiger partial charge in [-0.05, 0) is 24.3 Å². The molecule has 0 aromatic heterocycles. The molecule has 0 unspecified atom stereocenters. The van der Waals surface area contributed by atoms with E-state index in [1.54, 1.807) is 19.2 Å². The summed E-state index contributed by atoms with van der Waals surface area (Å²) in [6.07, 6.45) is -0.342. The number of methoxy groups -OCH3 is 1. The number of hydrogen-bond acceptors (Lipinski definition) is 3. The highest BCUT2D eigenvalue weighted by Crippen LogP contribution is 2.16. The molecule has 2 rings (SSSR count). The fraction of sp³-hybridized carbons (Fsp3) is 0.176. The van der Waals surface area contributed by atoms with Gasteiger partial charge < -0.3 is 15.4 Å². The summed E-state index contributed by atoms with van der Waals surface area (Å²) in [6.45, 7) is 0.260. The van der Waals surface area contributed by atoms with Crippen LogP contribution in [0.15, 0.2) is 48.5 Å². The van der Waals surface area contributed by atoms with Crippen LogP contribution in [0.5, 0.6) is 5.75 Å². The molecule has 2 N–H and O–H groups in total. The van der Waals surface area contributed by atoms with Gasteiger partial charge in [0.15, 0.2) is 0 Å². The molecular formula is C17H17FN2O3. The van der Waals surface area contributed by atoms with Crippen LogP contribution in [0, 0.1) is 5.82 Å². The van der Waals surface area contributed by atoms with Gasteiger partial charge in [0.25, 0.3) is 0 Å². The normalized spacial score (nSPS) is 10.0. The van der Waals surface area contributed by atoms with Crippen molar-refractivity contribution >= 4 is 17.5 Å². The maximum Gasteiger partial charge on any atom is 0.233 e. The largest absolute Gasteiger partial charge is 0.496 e. The van der Waals surface area contributed by atoms with Crippen LogP contribution in [-0.4, -0.2) is 18.9 Å². The third-order valence-electron chi connectivity index (χ3n) is 3.10. The van der Waals surface area contributed by atoms with E-state index in [9.17, 15) is 14.0 Å². The average Bonchev–Trinajstić information content (AvgIpc) is 2.53. The summed E-state index contributed by atoms with van der Waals surface area (Å²) in [5.74, 6) is -0.724. The first-order valence-corrected chi connectivity index (χ1v) is 7.02. The van der Waals surface area contributed by atoms with E-state index in [2.05, 4.69) is 10.6 Å². The van der Waals surface area contributed by atoms with Crippen molar-refractivity contribution in [2.24, 2.45) is 0 Å². The van der Waals surface area contributed by atoms with Crippen LogP contribution in [0.25, 0.3) is 0 Å². The van der Waals surface area contributed by atoms with Crippen molar-refractivity contribution in [3.63, 3.8) is 0 Å². The smallest absolute Gasteiger partial charge is 0.233 e. The number of carbonyl (C=O) groups excluding carboxylic acids is 2. The van der Waals surface area contributed by atoms with E-state index in [4.69, 9.17) is 4.74 Å². The number of para-hydroxylation sites is 1. The third-order valence-corrected chi connectivity index (χ3v) is 3.10. The monoisotopic (exact) mass is 316 g/mol. The van der Waals surface area contributed by atoms with E-state index in [1.165, 1.54) is 18.2 Å². The fourth-order valence-electron chi connectivity index (χ4n) is 2.02. The van der Waals surface area contributed by atoms with Gasteiger partial charge >= 0.3 is 0 Å². The van der Waals surface area contributed by atoms with Crippen molar-refractivity contribution in [2.45, 2.75) is 13.0 Å². The minimum atomic E-state index is -0.506. The number of halogens is 1. The lowest BCUT2D eigenvalue weighted by molar-refractivity contribution is -0.126. The second-order valence-electron chi connectivity index (χ2n) is 4.82. The van der Waals surface area contributed by atoms with Crippen LogP contribution in [-0.2, 0) is 16.1 Å². The number of carbonyl (C=O) groups is 2. The summed E-state index contributed by atoms with van der Waals surface area (Å²) in [4.78, 5) is 23.5. The minimum absolute atomic E-state index is 0.260. The molecule has 23 heavy (non-hydrogen) atoms. The van der Waals surface area contributed by atoms with E-state index in [-0.39, 0.29) is 13.0 Å². The summed E-state index contributed by atoms with van der Waals surface area (Å²) >= 11 is 0. The quantitative estimate of drug-likeness (QED) is 0.805. The van der Waals surface area contributed by atoms with Gasteiger partial charge in [0, 0.05) is 17.8 Å². The van der Waals surface area contributed by atoms with E-state index in [0.717, 1.165) is 5.56 Å². The fourth-order valence-corrected chi connectivity index (χ4v) is 2.02. The third kappa shape index (κ3) is 5.10. The first-order valence-electron chi connectivity index (χ1n) is 7.02. The summed E-state index contributed by atoms with van der Waals surface area (Å²) in [6, 6.07) is 12.8. The van der Waals surface area contributed by atoms with Crippen molar-refractivity contribution < 1.29 is 18.7 Å². The van der Waals surface area contributed by atoms with Crippen LogP contribution < -0.4 is 15.4 Å². The van der Waals surface area contributed by atoms with Crippen LogP contribution >= 0.6 is 0 Å². The summed E-state index contributed by atoms with van der Waals surface area (Å²) < 4.78 is 18.2. The second kappa shape index (κ2) is 7.93. The van der Waals surface area contributed by atoms with Crippen molar-refractivity contribution in [3.8, 4) is 5.75 Å². The molecule has 0 spiro atoms. The molecule has 0 aliphatic heterocycles. The Morgan fingerprint density at radius 1 is 1.09 bits per heavy atom. The number of anilines is 1. The van der Waals surface area contributed by atoms with Crippen LogP contribution in [0.2, 0.25) is 0 Å². The molecule has 2 aromatic carbocycles. The molecule has 2 amide bonds. The number of hydrogen-bond donors (Lipinski definition) is 2. The lowest BCUT2D eigenvalue weighted by Gasteiger charge is -2.09. The standard InChI is InChI=1S/C17H17FN2O3/c1-23-15-8-3-2-5-12(15)11-19-16(21)10-17(22)20-14-7-4-6-13(18)9-14/h2-9H,10-11H2,1H3,(H,19,21)(H,20,22). The lowest BCUT2D eigenvalue weighted by atomic mass is 10.2. The summed E-state index contributed by atoms with van der Waals surface area (Å²) in [5, 5.41) is 5.12. The number of ether oxygens (including phenoxy) is 1. The van der Waals surface area contributed by atoms with Gasteiger partial charge in [-0.3, -0.25) is 9.59 Å². The van der Waals surface area contributed by atoms with Gasteiger partial charge in [0.2, 0.25) is 11.8 Å². The second-order valence-corrected chi connectivity index (χ2v) is 4.82. The Bertz CT molecular complexity index is 704. The summed E-state index contributed by atoms with van der Waals surface area (Å²) in [5.41, 5.74) is 1.13. The molecule has 6 heteroatoms. The number of amides is 2. The molecule has 0 aliphatic rings.